The Labute approximate surface area is 133 Å². The van der Waals surface area contributed by atoms with Gasteiger partial charge in [0.1, 0.15) is 0 Å². The van der Waals surface area contributed by atoms with Crippen LogP contribution in [0.5, 0.6) is 0 Å². The summed E-state index contributed by atoms with van der Waals surface area (Å²) in [4.78, 5) is 11.8. The molecule has 1 amide bonds. The van der Waals surface area contributed by atoms with Gasteiger partial charge in [-0.05, 0) is 63.2 Å². The van der Waals surface area contributed by atoms with E-state index >= 15 is 0 Å². The Morgan fingerprint density at radius 2 is 1.95 bits per heavy atom. The van der Waals surface area contributed by atoms with Crippen molar-refractivity contribution in [3.8, 4) is 0 Å². The van der Waals surface area contributed by atoms with Crippen molar-refractivity contribution in [2.45, 2.75) is 64.8 Å². The summed E-state index contributed by atoms with van der Waals surface area (Å²) >= 11 is 0. The SMILES string of the molecule is Cc1cc(/C=C\C(=O)NCC2CC2)c(C)n1C1CCCCC1. The lowest BCUT2D eigenvalue weighted by Gasteiger charge is -2.26. The number of rotatable bonds is 5. The molecule has 0 saturated heterocycles. The van der Waals surface area contributed by atoms with Crippen LogP contribution in [-0.2, 0) is 4.79 Å². The molecule has 1 aromatic rings. The van der Waals surface area contributed by atoms with Gasteiger partial charge in [0, 0.05) is 30.1 Å². The number of aromatic nitrogens is 1. The van der Waals surface area contributed by atoms with E-state index in [9.17, 15) is 4.79 Å². The lowest BCUT2D eigenvalue weighted by molar-refractivity contribution is -0.116. The molecule has 2 aliphatic carbocycles. The van der Waals surface area contributed by atoms with Crippen LogP contribution in [0.1, 0.15) is 67.9 Å². The number of hydrogen-bond donors (Lipinski definition) is 1. The molecule has 2 fully saturated rings. The average Bonchev–Trinajstić information content (AvgIpc) is 3.30. The smallest absolute Gasteiger partial charge is 0.244 e. The van der Waals surface area contributed by atoms with Gasteiger partial charge in [0.2, 0.25) is 5.91 Å². The molecule has 120 valence electrons. The van der Waals surface area contributed by atoms with Gasteiger partial charge in [0.25, 0.3) is 0 Å². The predicted molar refractivity (Wildman–Crippen MR) is 90.8 cm³/mol. The van der Waals surface area contributed by atoms with Crippen LogP contribution in [0.4, 0.5) is 0 Å². The van der Waals surface area contributed by atoms with Gasteiger partial charge in [-0.3, -0.25) is 4.79 Å². The molecule has 2 aliphatic rings. The molecule has 0 aromatic carbocycles. The zero-order valence-electron chi connectivity index (χ0n) is 13.9. The predicted octanol–water partition coefficient (Wildman–Crippen LogP) is 4.15. The summed E-state index contributed by atoms with van der Waals surface area (Å²) in [5.41, 5.74) is 3.81. The van der Waals surface area contributed by atoms with Gasteiger partial charge >= 0.3 is 0 Å². The summed E-state index contributed by atoms with van der Waals surface area (Å²) in [5.74, 6) is 0.767. The number of hydrogen-bond acceptors (Lipinski definition) is 1. The molecule has 0 radical (unpaired) electrons. The van der Waals surface area contributed by atoms with Crippen molar-refractivity contribution in [2.75, 3.05) is 6.54 Å². The highest BCUT2D eigenvalue weighted by atomic mass is 16.1. The molecule has 2 saturated carbocycles. The molecule has 0 spiro atoms. The van der Waals surface area contributed by atoms with E-state index in [0.29, 0.717) is 6.04 Å². The van der Waals surface area contributed by atoms with Gasteiger partial charge in [-0.25, -0.2) is 0 Å². The first kappa shape index (κ1) is 15.4. The highest BCUT2D eigenvalue weighted by Crippen LogP contribution is 2.32. The van der Waals surface area contributed by atoms with Gasteiger partial charge in [0.15, 0.2) is 0 Å². The molecule has 0 atom stereocenters. The van der Waals surface area contributed by atoms with E-state index in [1.165, 1.54) is 61.9 Å². The molecule has 22 heavy (non-hydrogen) atoms. The molecule has 1 aromatic heterocycles. The van der Waals surface area contributed by atoms with Crippen molar-refractivity contribution in [1.29, 1.82) is 0 Å². The number of carbonyl (C=O) groups excluding carboxylic acids is 1. The van der Waals surface area contributed by atoms with Gasteiger partial charge < -0.3 is 9.88 Å². The van der Waals surface area contributed by atoms with Gasteiger partial charge in [-0.2, -0.15) is 0 Å². The zero-order valence-corrected chi connectivity index (χ0v) is 13.9. The van der Waals surface area contributed by atoms with Crippen LogP contribution >= 0.6 is 0 Å². The molecule has 1 N–H and O–H groups in total. The Bertz CT molecular complexity index is 560. The van der Waals surface area contributed by atoms with Gasteiger partial charge in [-0.1, -0.05) is 19.3 Å². The minimum Gasteiger partial charge on any atom is -0.352 e. The third-order valence-corrected chi connectivity index (χ3v) is 5.14. The van der Waals surface area contributed by atoms with Crippen LogP contribution in [0.2, 0.25) is 0 Å². The van der Waals surface area contributed by atoms with Crippen molar-refractivity contribution in [3.63, 3.8) is 0 Å². The first-order chi connectivity index (χ1) is 10.6. The fourth-order valence-electron chi connectivity index (χ4n) is 3.66. The second-order valence-electron chi connectivity index (χ2n) is 7.01. The molecule has 3 heteroatoms. The summed E-state index contributed by atoms with van der Waals surface area (Å²) in [7, 11) is 0. The Balaban J connectivity index is 1.66. The minimum absolute atomic E-state index is 0.0365. The quantitative estimate of drug-likeness (QED) is 0.814. The summed E-state index contributed by atoms with van der Waals surface area (Å²) in [6.45, 7) is 5.21. The Hall–Kier alpha value is -1.51. The van der Waals surface area contributed by atoms with Crippen LogP contribution < -0.4 is 5.32 Å². The topological polar surface area (TPSA) is 34.0 Å². The third kappa shape index (κ3) is 3.63. The van der Waals surface area contributed by atoms with E-state index in [1.54, 1.807) is 6.08 Å². The van der Waals surface area contributed by atoms with Crippen molar-refractivity contribution in [1.82, 2.24) is 9.88 Å². The van der Waals surface area contributed by atoms with E-state index in [4.69, 9.17) is 0 Å². The third-order valence-electron chi connectivity index (χ3n) is 5.14. The molecule has 3 rings (SSSR count). The molecule has 0 unspecified atom stereocenters. The average molecular weight is 300 g/mol. The van der Waals surface area contributed by atoms with Gasteiger partial charge in [-0.15, -0.1) is 0 Å². The maximum Gasteiger partial charge on any atom is 0.244 e. The lowest BCUT2D eigenvalue weighted by Crippen LogP contribution is -2.23. The summed E-state index contributed by atoms with van der Waals surface area (Å²) in [6, 6.07) is 2.87. The Morgan fingerprint density at radius 3 is 2.64 bits per heavy atom. The number of nitrogens with zero attached hydrogens (tertiary/aromatic N) is 1. The second-order valence-corrected chi connectivity index (χ2v) is 7.01. The number of nitrogens with one attached hydrogen (secondary N) is 1. The molecule has 3 nitrogen and oxygen atoms in total. The first-order valence-electron chi connectivity index (χ1n) is 8.79. The van der Waals surface area contributed by atoms with Crippen molar-refractivity contribution < 1.29 is 4.79 Å². The maximum atomic E-state index is 11.8. The molecular weight excluding hydrogens is 272 g/mol. The molecular formula is C19H28N2O. The monoisotopic (exact) mass is 300 g/mol. The number of carbonyl (C=O) groups is 1. The summed E-state index contributed by atoms with van der Waals surface area (Å²) in [5, 5.41) is 2.99. The van der Waals surface area contributed by atoms with E-state index in [1.807, 2.05) is 6.08 Å². The van der Waals surface area contributed by atoms with Crippen LogP contribution in [-0.4, -0.2) is 17.0 Å². The van der Waals surface area contributed by atoms with E-state index in [2.05, 4.69) is 29.8 Å². The summed E-state index contributed by atoms with van der Waals surface area (Å²) in [6.07, 6.45) is 12.9. The highest BCUT2D eigenvalue weighted by Gasteiger charge is 2.21. The van der Waals surface area contributed by atoms with Crippen LogP contribution in [0.15, 0.2) is 12.1 Å². The van der Waals surface area contributed by atoms with E-state index in [-0.39, 0.29) is 5.91 Å². The minimum atomic E-state index is 0.0365. The normalized spacial score (nSPS) is 19.7. The molecule has 1 heterocycles. The highest BCUT2D eigenvalue weighted by molar-refractivity contribution is 5.91. The lowest BCUT2D eigenvalue weighted by atomic mass is 9.95. The van der Waals surface area contributed by atoms with Crippen LogP contribution in [0.25, 0.3) is 6.08 Å². The number of aryl methyl sites for hydroxylation is 1. The van der Waals surface area contributed by atoms with Gasteiger partial charge in [0.05, 0.1) is 0 Å². The fourth-order valence-corrected chi connectivity index (χ4v) is 3.66. The first-order valence-corrected chi connectivity index (χ1v) is 8.79. The standard InChI is InChI=1S/C19H28N2O/c1-14-12-17(10-11-19(22)20-13-16-8-9-16)15(2)21(14)18-6-4-3-5-7-18/h10-12,16,18H,3-9,13H2,1-2H3,(H,20,22)/b11-10-. The van der Waals surface area contributed by atoms with Crippen molar-refractivity contribution in [3.05, 3.63) is 29.1 Å². The van der Waals surface area contributed by atoms with Crippen molar-refractivity contribution >= 4 is 12.0 Å². The molecule has 0 aliphatic heterocycles. The second kappa shape index (κ2) is 6.72. The van der Waals surface area contributed by atoms with E-state index in [0.717, 1.165) is 12.5 Å². The maximum absolute atomic E-state index is 11.8. The van der Waals surface area contributed by atoms with E-state index < -0.39 is 0 Å². The largest absolute Gasteiger partial charge is 0.352 e. The fraction of sp³-hybridized carbons (Fsp3) is 0.632. The Morgan fingerprint density at radius 1 is 1.23 bits per heavy atom. The Kier molecular flexibility index (Phi) is 4.70. The summed E-state index contributed by atoms with van der Waals surface area (Å²) < 4.78 is 2.49. The molecule has 0 bridgehead atoms. The zero-order chi connectivity index (χ0) is 15.5. The van der Waals surface area contributed by atoms with Crippen LogP contribution in [0, 0.1) is 19.8 Å². The van der Waals surface area contributed by atoms with Crippen LogP contribution in [0.3, 0.4) is 0 Å². The number of amides is 1. The van der Waals surface area contributed by atoms with Crippen molar-refractivity contribution in [2.24, 2.45) is 5.92 Å².